The van der Waals surface area contributed by atoms with Crippen molar-refractivity contribution < 1.29 is 4.42 Å². The number of furan rings is 1. The van der Waals surface area contributed by atoms with Crippen LogP contribution in [-0.2, 0) is 5.41 Å². The van der Waals surface area contributed by atoms with Crippen LogP contribution in [0.4, 0.5) is 0 Å². The van der Waals surface area contributed by atoms with E-state index in [1.54, 1.807) is 0 Å². The number of hydrogen-bond donors (Lipinski definition) is 0. The fourth-order valence-electron chi connectivity index (χ4n) is 9.64. The van der Waals surface area contributed by atoms with E-state index < -0.39 is 0 Å². The van der Waals surface area contributed by atoms with Gasteiger partial charge in [0.25, 0.3) is 0 Å². The molecule has 0 fully saturated rings. The van der Waals surface area contributed by atoms with E-state index in [1.807, 2.05) is 11.3 Å². The summed E-state index contributed by atoms with van der Waals surface area (Å²) >= 11 is 1.89. The molecule has 2 heteroatoms. The largest absolute Gasteiger partial charge is 0.456 e. The smallest absolute Gasteiger partial charge is 0.136 e. The maximum Gasteiger partial charge on any atom is 0.136 e. The Hall–Kier alpha value is -6.22. The van der Waals surface area contributed by atoms with Gasteiger partial charge in [0.05, 0.1) is 0 Å². The van der Waals surface area contributed by atoms with E-state index in [2.05, 4.69) is 172 Å². The molecule has 248 valence electrons. The van der Waals surface area contributed by atoms with Gasteiger partial charge in [-0.15, -0.1) is 11.3 Å². The summed E-state index contributed by atoms with van der Waals surface area (Å²) in [5.74, 6) is 0. The Kier molecular flexibility index (Phi) is 5.78. The molecule has 0 bridgehead atoms. The van der Waals surface area contributed by atoms with Gasteiger partial charge in [-0.05, 0) is 102 Å². The van der Waals surface area contributed by atoms with Crippen molar-refractivity contribution in [2.75, 3.05) is 0 Å². The molecule has 0 N–H and O–H groups in total. The van der Waals surface area contributed by atoms with Gasteiger partial charge in [-0.3, -0.25) is 0 Å². The highest BCUT2D eigenvalue weighted by Crippen LogP contribution is 2.52. The van der Waals surface area contributed by atoms with E-state index in [9.17, 15) is 0 Å². The summed E-state index contributed by atoms with van der Waals surface area (Å²) in [6.45, 7) is 4.71. The van der Waals surface area contributed by atoms with Crippen LogP contribution in [-0.4, -0.2) is 0 Å². The highest BCUT2D eigenvalue weighted by Gasteiger charge is 2.35. The Bertz CT molecular complexity index is 3320. The molecule has 0 saturated heterocycles. The second kappa shape index (κ2) is 10.4. The van der Waals surface area contributed by atoms with E-state index in [4.69, 9.17) is 4.42 Å². The fourth-order valence-corrected chi connectivity index (χ4v) is 10.9. The normalized spacial score (nSPS) is 13.6. The maximum atomic E-state index is 6.33. The molecule has 2 aromatic heterocycles. The Morgan fingerprint density at radius 1 is 0.434 bits per heavy atom. The lowest BCUT2D eigenvalue weighted by Gasteiger charge is -2.22. The third kappa shape index (κ3) is 3.91. The third-order valence-electron chi connectivity index (χ3n) is 12.1. The third-order valence-corrected chi connectivity index (χ3v) is 13.3. The van der Waals surface area contributed by atoms with Crippen LogP contribution in [0, 0.1) is 0 Å². The van der Waals surface area contributed by atoms with Crippen LogP contribution in [0.25, 0.3) is 108 Å². The first-order chi connectivity index (χ1) is 26.0. The lowest BCUT2D eigenvalue weighted by molar-refractivity contribution is 0.660. The SMILES string of the molecule is CC1(C)c2ccccc2-c2cc(-c3c4ccccc4c(-c4ccc5sc6c(ccc7ccc8oc9ccccc9c8c76)c5c4)c4ccccc34)ccc21. The highest BCUT2D eigenvalue weighted by molar-refractivity contribution is 7.26. The van der Waals surface area contributed by atoms with Crippen LogP contribution in [0.15, 0.2) is 162 Å². The van der Waals surface area contributed by atoms with Crippen LogP contribution in [0.3, 0.4) is 0 Å². The van der Waals surface area contributed by atoms with E-state index in [1.165, 1.54) is 108 Å². The van der Waals surface area contributed by atoms with Crippen molar-refractivity contribution in [2.24, 2.45) is 0 Å². The number of thiophene rings is 1. The number of benzene rings is 9. The van der Waals surface area contributed by atoms with Crippen molar-refractivity contribution in [3.8, 4) is 33.4 Å². The summed E-state index contributed by atoms with van der Waals surface area (Å²) in [4.78, 5) is 0. The van der Waals surface area contributed by atoms with Crippen molar-refractivity contribution in [1.82, 2.24) is 0 Å². The first-order valence-corrected chi connectivity index (χ1v) is 19.2. The topological polar surface area (TPSA) is 13.1 Å². The van der Waals surface area contributed by atoms with Crippen LogP contribution < -0.4 is 0 Å². The minimum absolute atomic E-state index is 0.0203. The van der Waals surface area contributed by atoms with Crippen molar-refractivity contribution >= 4 is 85.8 Å². The Balaban J connectivity index is 1.12. The summed E-state index contributed by atoms with van der Waals surface area (Å²) in [5.41, 5.74) is 12.5. The van der Waals surface area contributed by atoms with Crippen molar-refractivity contribution in [1.29, 1.82) is 0 Å². The highest BCUT2D eigenvalue weighted by atomic mass is 32.1. The van der Waals surface area contributed by atoms with Crippen LogP contribution in [0.1, 0.15) is 25.0 Å². The molecule has 1 nitrogen and oxygen atoms in total. The molecule has 2 heterocycles. The first-order valence-electron chi connectivity index (χ1n) is 18.4. The first kappa shape index (κ1) is 29.4. The molecule has 53 heavy (non-hydrogen) atoms. The van der Waals surface area contributed by atoms with Gasteiger partial charge in [-0.2, -0.15) is 0 Å². The van der Waals surface area contributed by atoms with Crippen LogP contribution in [0.5, 0.6) is 0 Å². The molecular formula is C51H32OS. The van der Waals surface area contributed by atoms with Gasteiger partial charge in [0.1, 0.15) is 11.2 Å². The predicted molar refractivity (Wildman–Crippen MR) is 228 cm³/mol. The number of hydrogen-bond acceptors (Lipinski definition) is 2. The maximum absolute atomic E-state index is 6.33. The minimum Gasteiger partial charge on any atom is -0.456 e. The molecule has 1 aliphatic rings. The zero-order valence-corrected chi connectivity index (χ0v) is 30.1. The standard InChI is InChI=1S/C51H32OS/c1-51(2)41-17-9-7-11-32(41)39-27-30(20-24-42(39)51)46-33-12-3-5-14-35(33)47(36-15-6-4-13-34(36)46)31-22-26-45-40(28-31)37-23-19-29-21-25-44-49(48(29)50(37)53-45)38-16-8-10-18-43(38)52-44/h3-28H,1-2H3. The monoisotopic (exact) mass is 692 g/mol. The number of para-hydroxylation sites is 1. The van der Waals surface area contributed by atoms with Gasteiger partial charge in [0.2, 0.25) is 0 Å². The van der Waals surface area contributed by atoms with Crippen LogP contribution >= 0.6 is 11.3 Å². The zero-order chi connectivity index (χ0) is 35.0. The Morgan fingerprint density at radius 3 is 1.79 bits per heavy atom. The second-order valence-corrected chi connectivity index (χ2v) is 16.2. The van der Waals surface area contributed by atoms with Crippen molar-refractivity contribution in [3.63, 3.8) is 0 Å². The summed E-state index contributed by atoms with van der Waals surface area (Å²) in [6, 6.07) is 58.6. The molecule has 0 radical (unpaired) electrons. The Labute approximate surface area is 310 Å². The van der Waals surface area contributed by atoms with E-state index in [0.29, 0.717) is 0 Å². The molecule has 9 aromatic carbocycles. The van der Waals surface area contributed by atoms with Gasteiger partial charge in [-0.25, -0.2) is 0 Å². The van der Waals surface area contributed by atoms with Gasteiger partial charge >= 0.3 is 0 Å². The van der Waals surface area contributed by atoms with Gasteiger partial charge < -0.3 is 4.42 Å². The summed E-state index contributed by atoms with van der Waals surface area (Å²) in [5, 5.41) is 12.6. The molecule has 0 spiro atoms. The number of fused-ring (bicyclic) bond motifs is 14. The van der Waals surface area contributed by atoms with Gasteiger partial charge in [0.15, 0.2) is 0 Å². The zero-order valence-electron chi connectivity index (χ0n) is 29.3. The summed E-state index contributed by atoms with van der Waals surface area (Å²) in [6.07, 6.45) is 0. The average Bonchev–Trinajstić information content (AvgIpc) is 3.84. The van der Waals surface area contributed by atoms with Crippen LogP contribution in [0.2, 0.25) is 0 Å². The molecular weight excluding hydrogens is 661 g/mol. The van der Waals surface area contributed by atoms with E-state index >= 15 is 0 Å². The molecule has 11 aromatic rings. The summed E-state index contributed by atoms with van der Waals surface area (Å²) in [7, 11) is 0. The van der Waals surface area contributed by atoms with Gasteiger partial charge in [0, 0.05) is 41.7 Å². The quantitative estimate of drug-likeness (QED) is 0.164. The van der Waals surface area contributed by atoms with E-state index in [-0.39, 0.29) is 5.41 Å². The molecule has 1 aliphatic carbocycles. The molecule has 0 unspecified atom stereocenters. The molecule has 0 atom stereocenters. The summed E-state index contributed by atoms with van der Waals surface area (Å²) < 4.78 is 8.95. The van der Waals surface area contributed by atoms with Crippen molar-refractivity contribution in [2.45, 2.75) is 19.3 Å². The molecule has 12 rings (SSSR count). The van der Waals surface area contributed by atoms with Gasteiger partial charge in [-0.1, -0.05) is 141 Å². The lowest BCUT2D eigenvalue weighted by Crippen LogP contribution is -2.14. The predicted octanol–water partition coefficient (Wildman–Crippen LogP) is 15.1. The molecule has 0 aliphatic heterocycles. The molecule has 0 amide bonds. The second-order valence-electron chi connectivity index (χ2n) is 15.2. The average molecular weight is 693 g/mol. The molecule has 0 saturated carbocycles. The minimum atomic E-state index is -0.0203. The Morgan fingerprint density at radius 2 is 1.04 bits per heavy atom. The fraction of sp³-hybridized carbons (Fsp3) is 0.0588. The van der Waals surface area contributed by atoms with E-state index in [0.717, 1.165) is 11.2 Å². The lowest BCUT2D eigenvalue weighted by atomic mass is 9.81. The number of rotatable bonds is 2. The van der Waals surface area contributed by atoms with Crippen molar-refractivity contribution in [3.05, 3.63) is 169 Å².